The quantitative estimate of drug-likeness (QED) is 0.431. The molecule has 3 rings (SSSR count). The number of amides is 2. The summed E-state index contributed by atoms with van der Waals surface area (Å²) < 4.78 is 3.18. The van der Waals surface area contributed by atoms with E-state index in [0.29, 0.717) is 13.1 Å². The fourth-order valence-corrected chi connectivity index (χ4v) is 3.06. The van der Waals surface area contributed by atoms with E-state index >= 15 is 0 Å². The summed E-state index contributed by atoms with van der Waals surface area (Å²) in [4.78, 5) is 46.2. The molecular weight excluding hydrogens is 506 g/mol. The summed E-state index contributed by atoms with van der Waals surface area (Å²) in [5.41, 5.74) is -0.592. The van der Waals surface area contributed by atoms with Crippen molar-refractivity contribution < 1.29 is 9.59 Å². The van der Waals surface area contributed by atoms with Crippen molar-refractivity contribution in [1.82, 2.24) is 24.6 Å². The van der Waals surface area contributed by atoms with Crippen molar-refractivity contribution in [2.75, 3.05) is 13.1 Å². The SMILES string of the molecule is CC.CC.CC.CC(C)(C)N1CCNC(=O)C1=O.CC(C)(C)n1ccccc1=O.CC(C)(C)n1ncccc1=O. The summed E-state index contributed by atoms with van der Waals surface area (Å²) in [6, 6.07) is 8.35. The minimum absolute atomic E-state index is 0.0556. The van der Waals surface area contributed by atoms with Gasteiger partial charge in [0.25, 0.3) is 11.1 Å². The predicted molar refractivity (Wildman–Crippen MR) is 168 cm³/mol. The number of aromatic nitrogens is 3. The Kier molecular flexibility index (Phi) is 20.4. The normalized spacial score (nSPS) is 12.6. The number of pyridine rings is 1. The average Bonchev–Trinajstić information content (AvgIpc) is 2.88. The highest BCUT2D eigenvalue weighted by Crippen LogP contribution is 2.14. The number of rotatable bonds is 0. The summed E-state index contributed by atoms with van der Waals surface area (Å²) in [6.45, 7) is 30.8. The van der Waals surface area contributed by atoms with Gasteiger partial charge in [-0.15, -0.1) is 0 Å². The van der Waals surface area contributed by atoms with Crippen molar-refractivity contribution in [3.8, 4) is 0 Å². The topological polar surface area (TPSA) is 106 Å². The number of carbonyl (C=O) groups excluding carboxylic acids is 2. The number of nitrogens with one attached hydrogen (secondary N) is 1. The second-order valence-corrected chi connectivity index (χ2v) is 10.9. The number of nitrogens with zero attached hydrogens (tertiary/aromatic N) is 4. The standard InChI is InChI=1S/C9H13NO.C8H14N2O2.C8H12N2O.3C2H6/c1-9(2,3)10-7-5-4-6-8(10)11;1-8(2,3)10-5-4-9-6(11)7(10)12;1-8(2,3)10-7(11)5-4-6-9-10;3*1-2/h4-7H,1-3H3;4-5H2,1-3H3,(H,9,11);4-6H,1-3H3;3*1-2H3. The smallest absolute Gasteiger partial charge is 0.312 e. The molecule has 1 saturated heterocycles. The molecule has 230 valence electrons. The zero-order chi connectivity index (χ0) is 32.3. The third-order valence-corrected chi connectivity index (χ3v) is 4.77. The lowest BCUT2D eigenvalue weighted by Gasteiger charge is -2.37. The summed E-state index contributed by atoms with van der Waals surface area (Å²) in [5, 5.41) is 6.46. The Morgan fingerprint density at radius 3 is 1.50 bits per heavy atom. The molecule has 0 aromatic carbocycles. The van der Waals surface area contributed by atoms with Gasteiger partial charge in [-0.05, 0) is 74.4 Å². The van der Waals surface area contributed by atoms with Gasteiger partial charge in [-0.1, -0.05) is 47.6 Å². The number of hydrogen-bond acceptors (Lipinski definition) is 5. The monoisotopic (exact) mass is 563 g/mol. The maximum atomic E-state index is 11.3. The fraction of sp³-hybridized carbons (Fsp3) is 0.645. The van der Waals surface area contributed by atoms with Crippen LogP contribution in [0.15, 0.2) is 52.3 Å². The van der Waals surface area contributed by atoms with Crippen LogP contribution in [-0.2, 0) is 20.7 Å². The Bertz CT molecular complexity index is 1020. The van der Waals surface area contributed by atoms with Crippen molar-refractivity contribution >= 4 is 11.8 Å². The highest BCUT2D eigenvalue weighted by atomic mass is 16.2. The van der Waals surface area contributed by atoms with Crippen molar-refractivity contribution in [1.29, 1.82) is 0 Å². The lowest BCUT2D eigenvalue weighted by atomic mass is 10.0. The first kappa shape index (κ1) is 41.3. The molecular formula is C31H57N5O4. The van der Waals surface area contributed by atoms with E-state index in [0.717, 1.165) is 0 Å². The minimum atomic E-state index is -0.490. The number of carbonyl (C=O) groups is 2. The van der Waals surface area contributed by atoms with E-state index in [1.54, 1.807) is 33.9 Å². The van der Waals surface area contributed by atoms with E-state index in [1.807, 2.05) is 116 Å². The third-order valence-electron chi connectivity index (χ3n) is 4.77. The van der Waals surface area contributed by atoms with E-state index in [-0.39, 0.29) is 27.7 Å². The van der Waals surface area contributed by atoms with Gasteiger partial charge in [-0.2, -0.15) is 5.10 Å². The molecule has 0 saturated carbocycles. The minimum Gasteiger partial charge on any atom is -0.346 e. The highest BCUT2D eigenvalue weighted by molar-refractivity contribution is 6.35. The van der Waals surface area contributed by atoms with Gasteiger partial charge in [0.2, 0.25) is 0 Å². The molecule has 0 radical (unpaired) electrons. The van der Waals surface area contributed by atoms with Crippen LogP contribution in [0, 0.1) is 0 Å². The zero-order valence-corrected chi connectivity index (χ0v) is 27.9. The van der Waals surface area contributed by atoms with Gasteiger partial charge in [0, 0.05) is 48.7 Å². The molecule has 3 heterocycles. The number of piperazine rings is 1. The van der Waals surface area contributed by atoms with Gasteiger partial charge < -0.3 is 14.8 Å². The van der Waals surface area contributed by atoms with Crippen molar-refractivity contribution in [2.45, 2.75) is 120 Å². The van der Waals surface area contributed by atoms with Gasteiger partial charge in [-0.3, -0.25) is 19.2 Å². The summed E-state index contributed by atoms with van der Waals surface area (Å²) in [6.07, 6.45) is 3.43. The molecule has 2 amide bonds. The molecule has 1 aliphatic heterocycles. The Balaban J connectivity index is -0.000000468. The summed E-state index contributed by atoms with van der Waals surface area (Å²) in [7, 11) is 0. The number of hydrogen-bond donors (Lipinski definition) is 1. The van der Waals surface area contributed by atoms with Crippen molar-refractivity contribution in [3.05, 3.63) is 63.4 Å². The zero-order valence-electron chi connectivity index (χ0n) is 27.9. The molecule has 0 spiro atoms. The van der Waals surface area contributed by atoms with Crippen molar-refractivity contribution in [3.63, 3.8) is 0 Å². The lowest BCUT2D eigenvalue weighted by Crippen LogP contribution is -2.58. The second-order valence-electron chi connectivity index (χ2n) is 10.9. The van der Waals surface area contributed by atoms with Crippen LogP contribution < -0.4 is 16.4 Å². The van der Waals surface area contributed by atoms with Gasteiger partial charge >= 0.3 is 11.8 Å². The van der Waals surface area contributed by atoms with Gasteiger partial charge in [0.1, 0.15) is 0 Å². The van der Waals surface area contributed by atoms with Crippen LogP contribution in [0.2, 0.25) is 0 Å². The summed E-state index contributed by atoms with van der Waals surface area (Å²) in [5.74, 6) is -0.912. The molecule has 9 nitrogen and oxygen atoms in total. The van der Waals surface area contributed by atoms with E-state index in [1.165, 1.54) is 10.7 Å². The average molecular weight is 564 g/mol. The van der Waals surface area contributed by atoms with Gasteiger partial charge in [-0.25, -0.2) is 4.68 Å². The maximum Gasteiger partial charge on any atom is 0.312 e. The van der Waals surface area contributed by atoms with Crippen LogP contribution >= 0.6 is 0 Å². The second kappa shape index (κ2) is 19.8. The first-order valence-electron chi connectivity index (χ1n) is 14.3. The molecule has 1 aliphatic rings. The van der Waals surface area contributed by atoms with Gasteiger partial charge in [0.05, 0.1) is 5.54 Å². The lowest BCUT2D eigenvalue weighted by molar-refractivity contribution is -0.151. The molecule has 1 fully saturated rings. The van der Waals surface area contributed by atoms with E-state index in [9.17, 15) is 19.2 Å². The molecule has 0 aliphatic carbocycles. The first-order valence-corrected chi connectivity index (χ1v) is 14.3. The van der Waals surface area contributed by atoms with Crippen LogP contribution in [0.25, 0.3) is 0 Å². The molecule has 2 aromatic rings. The third kappa shape index (κ3) is 15.4. The fourth-order valence-electron chi connectivity index (χ4n) is 3.06. The maximum absolute atomic E-state index is 11.3. The Hall–Kier alpha value is -3.23. The van der Waals surface area contributed by atoms with Crippen LogP contribution in [0.5, 0.6) is 0 Å². The Morgan fingerprint density at radius 2 is 1.18 bits per heavy atom. The largest absolute Gasteiger partial charge is 0.346 e. The van der Waals surface area contributed by atoms with Crippen LogP contribution in [0.3, 0.4) is 0 Å². The first-order chi connectivity index (χ1) is 18.5. The Morgan fingerprint density at radius 1 is 0.675 bits per heavy atom. The Labute approximate surface area is 243 Å². The highest BCUT2D eigenvalue weighted by Gasteiger charge is 2.33. The van der Waals surface area contributed by atoms with Gasteiger partial charge in [0.15, 0.2) is 0 Å². The van der Waals surface area contributed by atoms with Crippen LogP contribution in [-0.4, -0.2) is 49.7 Å². The van der Waals surface area contributed by atoms with Crippen LogP contribution in [0.4, 0.5) is 0 Å². The van der Waals surface area contributed by atoms with Crippen molar-refractivity contribution in [2.24, 2.45) is 0 Å². The molecule has 0 unspecified atom stereocenters. The molecule has 1 N–H and O–H groups in total. The molecule has 2 aromatic heterocycles. The summed E-state index contributed by atoms with van der Waals surface area (Å²) >= 11 is 0. The molecule has 0 bridgehead atoms. The molecule has 0 atom stereocenters. The van der Waals surface area contributed by atoms with E-state index < -0.39 is 11.8 Å². The van der Waals surface area contributed by atoms with Crippen LogP contribution in [0.1, 0.15) is 104 Å². The van der Waals surface area contributed by atoms with E-state index in [2.05, 4.69) is 10.4 Å². The predicted octanol–water partition coefficient (Wildman–Crippen LogP) is 5.42. The van der Waals surface area contributed by atoms with E-state index in [4.69, 9.17) is 0 Å². The molecule has 9 heteroatoms. The molecule has 40 heavy (non-hydrogen) atoms.